The molecule has 1 aliphatic rings. The lowest BCUT2D eigenvalue weighted by molar-refractivity contribution is 0.0781. The van der Waals surface area contributed by atoms with E-state index >= 15 is 0 Å². The lowest BCUT2D eigenvalue weighted by Crippen LogP contribution is -2.36. The van der Waals surface area contributed by atoms with Crippen molar-refractivity contribution in [2.75, 3.05) is 25.9 Å². The number of likely N-dealkylation sites (tertiary alicyclic amines) is 1. The van der Waals surface area contributed by atoms with Crippen molar-refractivity contribution in [3.8, 4) is 0 Å². The summed E-state index contributed by atoms with van der Waals surface area (Å²) in [6.45, 7) is 1.86. The average molecular weight is 366 g/mol. The van der Waals surface area contributed by atoms with E-state index in [1.54, 1.807) is 0 Å². The third-order valence-electron chi connectivity index (χ3n) is 5.12. The molecule has 1 aliphatic heterocycles. The summed E-state index contributed by atoms with van der Waals surface area (Å²) in [5.74, 6) is 0.158. The first kappa shape index (κ1) is 17.3. The van der Waals surface area contributed by atoms with E-state index in [0.29, 0.717) is 30.9 Å². The van der Waals surface area contributed by atoms with Crippen LogP contribution < -0.4 is 11.3 Å². The van der Waals surface area contributed by atoms with E-state index in [1.165, 1.54) is 6.07 Å². The maximum atomic E-state index is 13.0. The third kappa shape index (κ3) is 3.43. The Hall–Kier alpha value is -3.13. The molecule has 1 saturated heterocycles. The van der Waals surface area contributed by atoms with Crippen molar-refractivity contribution < 1.29 is 4.79 Å². The van der Waals surface area contributed by atoms with E-state index in [0.717, 1.165) is 17.3 Å². The van der Waals surface area contributed by atoms with E-state index < -0.39 is 0 Å². The van der Waals surface area contributed by atoms with Gasteiger partial charge in [-0.15, -0.1) is 0 Å². The summed E-state index contributed by atoms with van der Waals surface area (Å²) in [5, 5.41) is 1.03. The Balaban J connectivity index is 1.45. The Morgan fingerprint density at radius 2 is 2.26 bits per heavy atom. The molecule has 0 aliphatic carbocycles. The maximum Gasteiger partial charge on any atom is 0.256 e. The third-order valence-corrected chi connectivity index (χ3v) is 5.12. The molecule has 1 amide bonds. The normalized spacial score (nSPS) is 17.1. The summed E-state index contributed by atoms with van der Waals surface area (Å²) in [6.07, 6.45) is 2.73. The Bertz CT molecular complexity index is 1040. The number of carbonyl (C=O) groups is 1. The summed E-state index contributed by atoms with van der Waals surface area (Å²) in [4.78, 5) is 38.3. The molecule has 27 heavy (non-hydrogen) atoms. The highest BCUT2D eigenvalue weighted by Crippen LogP contribution is 2.22. The van der Waals surface area contributed by atoms with Crippen LogP contribution >= 0.6 is 0 Å². The van der Waals surface area contributed by atoms with Gasteiger partial charge in [0.25, 0.3) is 11.5 Å². The summed E-state index contributed by atoms with van der Waals surface area (Å²) in [6, 6.07) is 9.39. The Morgan fingerprint density at radius 3 is 3.07 bits per heavy atom. The maximum absolute atomic E-state index is 13.0. The molecule has 3 heterocycles. The molecular weight excluding hydrogens is 344 g/mol. The van der Waals surface area contributed by atoms with E-state index in [1.807, 2.05) is 42.4 Å². The number of hydrogen-bond donors (Lipinski definition) is 3. The molecule has 0 unspecified atom stereocenters. The van der Waals surface area contributed by atoms with Crippen LogP contribution in [-0.2, 0) is 6.54 Å². The van der Waals surface area contributed by atoms with Gasteiger partial charge in [-0.2, -0.15) is 0 Å². The summed E-state index contributed by atoms with van der Waals surface area (Å²) in [7, 11) is 1.98. The first-order chi connectivity index (χ1) is 13.0. The van der Waals surface area contributed by atoms with Crippen molar-refractivity contribution in [2.24, 2.45) is 0 Å². The van der Waals surface area contributed by atoms with Gasteiger partial charge in [-0.1, -0.05) is 12.1 Å². The van der Waals surface area contributed by atoms with E-state index in [2.05, 4.69) is 19.9 Å². The number of benzene rings is 1. The molecule has 0 spiro atoms. The molecule has 0 saturated carbocycles. The number of anilines is 1. The number of nitrogens with one attached hydrogen (secondary N) is 2. The number of carbonyl (C=O) groups excluding carboxylic acids is 1. The summed E-state index contributed by atoms with van der Waals surface area (Å²) < 4.78 is 0. The zero-order chi connectivity index (χ0) is 19.0. The van der Waals surface area contributed by atoms with Gasteiger partial charge in [0, 0.05) is 43.3 Å². The van der Waals surface area contributed by atoms with Crippen molar-refractivity contribution >= 4 is 22.8 Å². The number of aromatic amines is 2. The Labute approximate surface area is 156 Å². The number of likely N-dealkylation sites (N-methyl/N-ethyl adjacent to an activating group) is 1. The Kier molecular flexibility index (Phi) is 4.41. The summed E-state index contributed by atoms with van der Waals surface area (Å²) >= 11 is 0. The fraction of sp³-hybridized carbons (Fsp3) is 0.316. The molecule has 1 aromatic carbocycles. The molecule has 2 aromatic heterocycles. The van der Waals surface area contributed by atoms with Gasteiger partial charge >= 0.3 is 0 Å². The fourth-order valence-electron chi connectivity index (χ4n) is 3.71. The largest absolute Gasteiger partial charge is 0.369 e. The van der Waals surface area contributed by atoms with E-state index in [9.17, 15) is 9.59 Å². The number of nitrogens with two attached hydrogens (primary N) is 1. The van der Waals surface area contributed by atoms with Gasteiger partial charge in [0.2, 0.25) is 5.95 Å². The number of rotatable bonds is 4. The zero-order valence-corrected chi connectivity index (χ0v) is 15.1. The highest BCUT2D eigenvalue weighted by atomic mass is 16.2. The van der Waals surface area contributed by atoms with Crippen LogP contribution in [0, 0.1) is 0 Å². The number of aromatic nitrogens is 3. The van der Waals surface area contributed by atoms with Crippen molar-refractivity contribution in [3.63, 3.8) is 0 Å². The van der Waals surface area contributed by atoms with Gasteiger partial charge in [-0.3, -0.25) is 19.5 Å². The van der Waals surface area contributed by atoms with Crippen LogP contribution in [0.2, 0.25) is 0 Å². The quantitative estimate of drug-likeness (QED) is 0.642. The number of para-hydroxylation sites is 1. The second-order valence-electron chi connectivity index (χ2n) is 6.98. The number of H-pyrrole nitrogens is 2. The van der Waals surface area contributed by atoms with Crippen molar-refractivity contribution in [2.45, 2.75) is 19.0 Å². The molecule has 0 bridgehead atoms. The molecule has 140 valence electrons. The Morgan fingerprint density at radius 1 is 1.41 bits per heavy atom. The van der Waals surface area contributed by atoms with E-state index in [4.69, 9.17) is 5.73 Å². The number of fused-ring (bicyclic) bond motifs is 1. The SMILES string of the molecule is CN(Cc1cc(=O)[nH]c(N)n1)[C@@H]1CCN(C(=O)c2cccc3cc[nH]c23)C1. The molecule has 1 fully saturated rings. The fourth-order valence-corrected chi connectivity index (χ4v) is 3.71. The van der Waals surface area contributed by atoms with Gasteiger partial charge in [0.05, 0.1) is 16.8 Å². The zero-order valence-electron chi connectivity index (χ0n) is 15.1. The molecule has 4 N–H and O–H groups in total. The second-order valence-corrected chi connectivity index (χ2v) is 6.98. The van der Waals surface area contributed by atoms with Crippen LogP contribution in [-0.4, -0.2) is 56.8 Å². The first-order valence-electron chi connectivity index (χ1n) is 8.92. The van der Waals surface area contributed by atoms with Crippen LogP contribution in [0.4, 0.5) is 5.95 Å². The number of hydrogen-bond acceptors (Lipinski definition) is 5. The second kappa shape index (κ2) is 6.88. The minimum atomic E-state index is -0.256. The molecule has 8 nitrogen and oxygen atoms in total. The van der Waals surface area contributed by atoms with Gasteiger partial charge in [0.1, 0.15) is 0 Å². The number of nitrogen functional groups attached to an aromatic ring is 1. The lowest BCUT2D eigenvalue weighted by Gasteiger charge is -2.24. The van der Waals surface area contributed by atoms with Crippen LogP contribution in [0.25, 0.3) is 10.9 Å². The molecular formula is C19H22N6O2. The van der Waals surface area contributed by atoms with Crippen LogP contribution in [0.3, 0.4) is 0 Å². The standard InChI is InChI=1S/C19H22N6O2/c1-24(10-13-9-16(26)23-19(20)22-13)14-6-8-25(11-14)18(27)15-4-2-3-12-5-7-21-17(12)15/h2-5,7,9,14,21H,6,8,10-11H2,1H3,(H3,20,22,23,26)/t14-/m1/s1. The predicted octanol–water partition coefficient (Wildman–Crippen LogP) is 1.18. The number of nitrogens with zero attached hydrogens (tertiary/aromatic N) is 3. The van der Waals surface area contributed by atoms with Gasteiger partial charge in [-0.05, 0) is 25.6 Å². The minimum Gasteiger partial charge on any atom is -0.369 e. The van der Waals surface area contributed by atoms with Crippen LogP contribution in [0.15, 0.2) is 41.3 Å². The van der Waals surface area contributed by atoms with Gasteiger partial charge in [-0.25, -0.2) is 4.98 Å². The summed E-state index contributed by atoms with van der Waals surface area (Å²) in [5.41, 5.74) is 7.55. The molecule has 8 heteroatoms. The van der Waals surface area contributed by atoms with Crippen molar-refractivity contribution in [1.82, 2.24) is 24.8 Å². The molecule has 4 rings (SSSR count). The van der Waals surface area contributed by atoms with Crippen molar-refractivity contribution in [1.29, 1.82) is 0 Å². The van der Waals surface area contributed by atoms with Gasteiger partial charge < -0.3 is 15.6 Å². The minimum absolute atomic E-state index is 0.0393. The molecule has 1 atom stereocenters. The molecule has 3 aromatic rings. The molecule has 0 radical (unpaired) electrons. The topological polar surface area (TPSA) is 111 Å². The van der Waals surface area contributed by atoms with Crippen LogP contribution in [0.5, 0.6) is 0 Å². The lowest BCUT2D eigenvalue weighted by atomic mass is 10.1. The monoisotopic (exact) mass is 366 g/mol. The number of amides is 1. The van der Waals surface area contributed by atoms with Gasteiger partial charge in [0.15, 0.2) is 0 Å². The highest BCUT2D eigenvalue weighted by molar-refractivity contribution is 6.05. The highest BCUT2D eigenvalue weighted by Gasteiger charge is 2.30. The van der Waals surface area contributed by atoms with E-state index in [-0.39, 0.29) is 23.5 Å². The first-order valence-corrected chi connectivity index (χ1v) is 8.92. The predicted molar refractivity (Wildman–Crippen MR) is 103 cm³/mol. The van der Waals surface area contributed by atoms with Crippen LogP contribution in [0.1, 0.15) is 22.5 Å². The van der Waals surface area contributed by atoms with Crippen molar-refractivity contribution in [3.05, 3.63) is 58.1 Å². The average Bonchev–Trinajstić information content (AvgIpc) is 3.29. The smallest absolute Gasteiger partial charge is 0.256 e.